The lowest BCUT2D eigenvalue weighted by atomic mass is 10.0. The molecular weight excluding hydrogens is 591 g/mol. The van der Waals surface area contributed by atoms with Gasteiger partial charge in [0, 0.05) is 25.9 Å². The number of hydrogen-bond donors (Lipinski definition) is 3. The lowest BCUT2D eigenvalue weighted by Crippen LogP contribution is -2.33. The molecule has 0 saturated carbocycles. The van der Waals surface area contributed by atoms with Crippen molar-refractivity contribution in [2.75, 3.05) is 26.9 Å². The molecule has 0 unspecified atom stereocenters. The van der Waals surface area contributed by atoms with Gasteiger partial charge in [-0.1, -0.05) is 78.9 Å². The number of nitrogens with zero attached hydrogens (tertiary/aromatic N) is 1. The van der Waals surface area contributed by atoms with Gasteiger partial charge in [0.2, 0.25) is 5.91 Å². The SMILES string of the molecule is COc1ccc(CN(CCOP(=O)(O)O)C(=O)CCCCc2ccc(OCCc3ccc(-c4ccccc4)cc3)cc2)cc1.N. The monoisotopic (exact) mass is 634 g/mol. The summed E-state index contributed by atoms with van der Waals surface area (Å²) in [4.78, 5) is 32.6. The maximum Gasteiger partial charge on any atom is 0.469 e. The Labute approximate surface area is 265 Å². The van der Waals surface area contributed by atoms with Crippen molar-refractivity contribution in [3.8, 4) is 22.6 Å². The van der Waals surface area contributed by atoms with E-state index in [0.29, 0.717) is 31.7 Å². The Morgan fingerprint density at radius 1 is 0.711 bits per heavy atom. The Kier molecular flexibility index (Phi) is 14.3. The molecule has 9 nitrogen and oxygen atoms in total. The molecule has 0 atom stereocenters. The van der Waals surface area contributed by atoms with E-state index in [2.05, 4.69) is 53.1 Å². The zero-order chi connectivity index (χ0) is 31.2. The van der Waals surface area contributed by atoms with Crippen molar-refractivity contribution >= 4 is 13.7 Å². The predicted molar refractivity (Wildman–Crippen MR) is 177 cm³/mol. The number of rotatable bonds is 17. The van der Waals surface area contributed by atoms with Crippen molar-refractivity contribution in [3.63, 3.8) is 0 Å². The number of phosphoric ester groups is 1. The molecule has 10 heteroatoms. The zero-order valence-corrected chi connectivity index (χ0v) is 26.6. The minimum atomic E-state index is -4.60. The van der Waals surface area contributed by atoms with Gasteiger partial charge in [-0.25, -0.2) is 4.57 Å². The molecule has 4 rings (SSSR count). The van der Waals surface area contributed by atoms with E-state index in [9.17, 15) is 9.36 Å². The second kappa shape index (κ2) is 18.1. The Morgan fingerprint density at radius 3 is 1.93 bits per heavy atom. The number of phosphoric acid groups is 1. The highest BCUT2D eigenvalue weighted by Crippen LogP contribution is 2.35. The average Bonchev–Trinajstić information content (AvgIpc) is 3.04. The Bertz CT molecular complexity index is 1480. The second-order valence-corrected chi connectivity index (χ2v) is 11.7. The van der Waals surface area contributed by atoms with E-state index in [1.54, 1.807) is 12.0 Å². The van der Waals surface area contributed by atoms with Gasteiger partial charge < -0.3 is 30.3 Å². The smallest absolute Gasteiger partial charge is 0.469 e. The van der Waals surface area contributed by atoms with Crippen molar-refractivity contribution in [1.29, 1.82) is 0 Å². The number of benzene rings is 4. The highest BCUT2D eigenvalue weighted by Gasteiger charge is 2.18. The minimum Gasteiger partial charge on any atom is -0.497 e. The number of carbonyl (C=O) groups excluding carboxylic acids is 1. The third kappa shape index (κ3) is 12.5. The molecule has 0 spiro atoms. The van der Waals surface area contributed by atoms with Crippen molar-refractivity contribution in [2.24, 2.45) is 0 Å². The van der Waals surface area contributed by atoms with Gasteiger partial charge in [-0.3, -0.25) is 9.32 Å². The highest BCUT2D eigenvalue weighted by atomic mass is 31.2. The molecule has 0 radical (unpaired) electrons. The predicted octanol–water partition coefficient (Wildman–Crippen LogP) is 7.00. The van der Waals surface area contributed by atoms with Gasteiger partial charge in [-0.05, 0) is 71.3 Å². The van der Waals surface area contributed by atoms with Gasteiger partial charge in [-0.2, -0.15) is 0 Å². The van der Waals surface area contributed by atoms with Gasteiger partial charge in [0.15, 0.2) is 0 Å². The fraction of sp³-hybridized carbons (Fsp3) is 0.286. The highest BCUT2D eigenvalue weighted by molar-refractivity contribution is 7.46. The van der Waals surface area contributed by atoms with E-state index >= 15 is 0 Å². The lowest BCUT2D eigenvalue weighted by Gasteiger charge is -2.23. The number of methoxy groups -OCH3 is 1. The molecule has 45 heavy (non-hydrogen) atoms. The number of unbranched alkanes of at least 4 members (excludes halogenated alkanes) is 1. The first-order valence-electron chi connectivity index (χ1n) is 14.8. The van der Waals surface area contributed by atoms with Crippen molar-refractivity contribution < 1.29 is 33.1 Å². The third-order valence-electron chi connectivity index (χ3n) is 7.26. The fourth-order valence-electron chi connectivity index (χ4n) is 4.81. The number of amides is 1. The van der Waals surface area contributed by atoms with Crippen LogP contribution >= 0.6 is 7.82 Å². The Hall–Kier alpha value is -3.98. The van der Waals surface area contributed by atoms with E-state index in [4.69, 9.17) is 19.3 Å². The number of hydrogen-bond acceptors (Lipinski definition) is 6. The van der Waals surface area contributed by atoms with Gasteiger partial charge >= 0.3 is 7.82 Å². The second-order valence-electron chi connectivity index (χ2n) is 10.5. The zero-order valence-electron chi connectivity index (χ0n) is 25.7. The summed E-state index contributed by atoms with van der Waals surface area (Å²) in [6, 6.07) is 34.3. The van der Waals surface area contributed by atoms with Crippen LogP contribution in [0.5, 0.6) is 11.5 Å². The summed E-state index contributed by atoms with van der Waals surface area (Å²) in [5.74, 6) is 1.45. The molecule has 0 fully saturated rings. The first-order valence-corrected chi connectivity index (χ1v) is 16.3. The molecule has 0 aliphatic heterocycles. The van der Waals surface area contributed by atoms with Crippen LogP contribution in [0.1, 0.15) is 36.0 Å². The lowest BCUT2D eigenvalue weighted by molar-refractivity contribution is -0.132. The molecule has 1 amide bonds. The first kappa shape index (κ1) is 35.5. The van der Waals surface area contributed by atoms with Gasteiger partial charge in [-0.15, -0.1) is 0 Å². The van der Waals surface area contributed by atoms with Crippen molar-refractivity contribution in [1.82, 2.24) is 11.1 Å². The van der Waals surface area contributed by atoms with E-state index in [1.807, 2.05) is 54.6 Å². The van der Waals surface area contributed by atoms with E-state index in [1.165, 1.54) is 22.3 Å². The first-order chi connectivity index (χ1) is 21.3. The Balaban J connectivity index is 0.00000552. The molecular formula is C35H43N2O7P. The third-order valence-corrected chi connectivity index (χ3v) is 7.77. The summed E-state index contributed by atoms with van der Waals surface area (Å²) in [6.07, 6.45) is 3.52. The van der Waals surface area contributed by atoms with E-state index < -0.39 is 7.82 Å². The molecule has 0 aromatic heterocycles. The number of ether oxygens (including phenoxy) is 2. The topological polar surface area (TPSA) is 141 Å². The summed E-state index contributed by atoms with van der Waals surface area (Å²) < 4.78 is 26.8. The molecule has 240 valence electrons. The van der Waals surface area contributed by atoms with Crippen molar-refractivity contribution in [2.45, 2.75) is 38.6 Å². The maximum atomic E-state index is 13.0. The summed E-state index contributed by atoms with van der Waals surface area (Å²) in [5.41, 5.74) is 5.70. The minimum absolute atomic E-state index is 0. The standard InChI is InChI=1S/C35H40NO7P.H3N/c1-41-33-19-15-30(16-20-33)27-36(24-26-43-44(38,39)40)35(37)10-6-5-7-28-13-21-34(22-14-28)42-25-23-29-11-17-32(18-12-29)31-8-3-2-4-9-31;/h2-4,8-9,11-22H,5-7,10,23-27H2,1H3,(H2,38,39,40);1H3. The van der Waals surface area contributed by atoms with Crippen LogP contribution < -0.4 is 15.6 Å². The largest absolute Gasteiger partial charge is 0.497 e. The quantitative estimate of drug-likeness (QED) is 0.0833. The fourth-order valence-corrected chi connectivity index (χ4v) is 5.13. The molecule has 0 saturated heterocycles. The molecule has 0 heterocycles. The Morgan fingerprint density at radius 2 is 1.29 bits per heavy atom. The van der Waals surface area contributed by atoms with E-state index in [-0.39, 0.29) is 25.2 Å². The molecule has 5 N–H and O–H groups in total. The molecule has 0 aliphatic rings. The van der Waals surface area contributed by atoms with Crippen LogP contribution in [0, 0.1) is 0 Å². The van der Waals surface area contributed by atoms with Crippen LogP contribution in [0.4, 0.5) is 0 Å². The van der Waals surface area contributed by atoms with Crippen LogP contribution in [-0.4, -0.2) is 47.5 Å². The summed E-state index contributed by atoms with van der Waals surface area (Å²) in [5, 5.41) is 0. The summed E-state index contributed by atoms with van der Waals surface area (Å²) in [7, 11) is -3.02. The molecule has 4 aromatic carbocycles. The van der Waals surface area contributed by atoms with Crippen LogP contribution in [0.25, 0.3) is 11.1 Å². The van der Waals surface area contributed by atoms with Crippen LogP contribution in [0.2, 0.25) is 0 Å². The van der Waals surface area contributed by atoms with E-state index in [0.717, 1.165) is 30.6 Å². The summed E-state index contributed by atoms with van der Waals surface area (Å²) in [6.45, 7) is 0.740. The number of aryl methyl sites for hydroxylation is 1. The normalized spacial score (nSPS) is 11.0. The van der Waals surface area contributed by atoms with Crippen LogP contribution in [0.15, 0.2) is 103 Å². The maximum absolute atomic E-state index is 13.0. The van der Waals surface area contributed by atoms with Gasteiger partial charge in [0.1, 0.15) is 11.5 Å². The van der Waals surface area contributed by atoms with Crippen LogP contribution in [0.3, 0.4) is 0 Å². The van der Waals surface area contributed by atoms with Gasteiger partial charge in [0.05, 0.1) is 20.3 Å². The molecule has 0 aliphatic carbocycles. The number of carbonyl (C=O) groups is 1. The molecule has 4 aromatic rings. The van der Waals surface area contributed by atoms with Gasteiger partial charge in [0.25, 0.3) is 0 Å². The van der Waals surface area contributed by atoms with Crippen LogP contribution in [-0.2, 0) is 33.3 Å². The molecule has 0 bridgehead atoms. The summed E-state index contributed by atoms with van der Waals surface area (Å²) >= 11 is 0. The van der Waals surface area contributed by atoms with Crippen molar-refractivity contribution in [3.05, 3.63) is 120 Å². The average molecular weight is 635 g/mol.